The van der Waals surface area contributed by atoms with E-state index in [1.807, 2.05) is 0 Å². The number of ether oxygens (including phenoxy) is 3. The first-order valence-electron chi connectivity index (χ1n) is 12.2. The van der Waals surface area contributed by atoms with Gasteiger partial charge in [0.15, 0.2) is 0 Å². The van der Waals surface area contributed by atoms with Gasteiger partial charge in [0.25, 0.3) is 5.91 Å². The van der Waals surface area contributed by atoms with E-state index < -0.39 is 0 Å². The first-order chi connectivity index (χ1) is 17.6. The number of amides is 1. The van der Waals surface area contributed by atoms with Crippen molar-refractivity contribution in [2.45, 2.75) is 40.0 Å². The number of carbonyl (C=O) groups is 1. The highest BCUT2D eigenvalue weighted by Crippen LogP contribution is 2.45. The summed E-state index contributed by atoms with van der Waals surface area (Å²) in [6.45, 7) is 6.85. The van der Waals surface area contributed by atoms with E-state index in [1.54, 1.807) is 75.3 Å². The number of nitrogens with zero attached hydrogens (tertiary/aromatic N) is 1. The van der Waals surface area contributed by atoms with E-state index in [1.165, 1.54) is 4.88 Å². The zero-order valence-corrected chi connectivity index (χ0v) is 23.7. The summed E-state index contributed by atoms with van der Waals surface area (Å²) < 4.78 is 16.5. The van der Waals surface area contributed by atoms with Crippen LogP contribution in [0.15, 0.2) is 41.4 Å². The zero-order valence-electron chi connectivity index (χ0n) is 22.1. The topological polar surface area (TPSA) is 69.2 Å². The van der Waals surface area contributed by atoms with E-state index in [0.29, 0.717) is 50.0 Å². The van der Waals surface area contributed by atoms with Crippen LogP contribution in [0.5, 0.6) is 17.2 Å². The Morgan fingerprint density at radius 2 is 1.73 bits per heavy atom. The average Bonchev–Trinajstić information content (AvgIpc) is 3.25. The molecule has 1 aromatic heterocycles. The SMILES string of the molecule is COc1cc(OC)c(C=Nc2sc3c(c2C(=O)Nc2ccc(Cl)cc2)CC[C@H](C(C)(C)C)C3)c(OC)c1. The third-order valence-corrected chi connectivity index (χ3v) is 8.28. The second kappa shape index (κ2) is 11.2. The molecule has 1 aliphatic rings. The summed E-state index contributed by atoms with van der Waals surface area (Å²) in [6.07, 6.45) is 4.53. The number of aliphatic imine (C=N–C) groups is 1. The monoisotopic (exact) mass is 540 g/mol. The minimum atomic E-state index is -0.171. The van der Waals surface area contributed by atoms with Crippen molar-refractivity contribution in [3.05, 3.63) is 63.0 Å². The highest BCUT2D eigenvalue weighted by molar-refractivity contribution is 7.16. The third-order valence-electron chi connectivity index (χ3n) is 6.86. The molecule has 3 aromatic rings. The molecular weight excluding hydrogens is 508 g/mol. The molecule has 0 saturated heterocycles. The van der Waals surface area contributed by atoms with Crippen LogP contribution < -0.4 is 19.5 Å². The van der Waals surface area contributed by atoms with Gasteiger partial charge in [0.1, 0.15) is 22.2 Å². The number of rotatable bonds is 7. The largest absolute Gasteiger partial charge is 0.496 e. The van der Waals surface area contributed by atoms with Gasteiger partial charge in [0, 0.05) is 33.9 Å². The lowest BCUT2D eigenvalue weighted by atomic mass is 9.72. The van der Waals surface area contributed by atoms with Crippen LogP contribution >= 0.6 is 22.9 Å². The summed E-state index contributed by atoms with van der Waals surface area (Å²) in [5.74, 6) is 2.13. The molecule has 0 bridgehead atoms. The van der Waals surface area contributed by atoms with Crippen LogP contribution in [0.4, 0.5) is 10.7 Å². The van der Waals surface area contributed by atoms with Gasteiger partial charge in [-0.3, -0.25) is 4.79 Å². The second-order valence-corrected chi connectivity index (χ2v) is 11.7. The first kappa shape index (κ1) is 27.0. The van der Waals surface area contributed by atoms with Crippen LogP contribution in [0.25, 0.3) is 0 Å². The van der Waals surface area contributed by atoms with Crippen molar-refractivity contribution in [1.82, 2.24) is 0 Å². The Kier molecular flexibility index (Phi) is 8.14. The Morgan fingerprint density at radius 3 is 2.30 bits per heavy atom. The van der Waals surface area contributed by atoms with Crippen molar-refractivity contribution < 1.29 is 19.0 Å². The summed E-state index contributed by atoms with van der Waals surface area (Å²) >= 11 is 7.62. The Bertz CT molecular complexity index is 1280. The summed E-state index contributed by atoms with van der Waals surface area (Å²) in [4.78, 5) is 19.7. The number of methoxy groups -OCH3 is 3. The minimum absolute atomic E-state index is 0.171. The number of carbonyl (C=O) groups excluding carboxylic acids is 1. The molecule has 1 amide bonds. The van der Waals surface area contributed by atoms with Crippen LogP contribution in [0.3, 0.4) is 0 Å². The molecule has 0 radical (unpaired) electrons. The van der Waals surface area contributed by atoms with Gasteiger partial charge in [0.2, 0.25) is 0 Å². The fourth-order valence-electron chi connectivity index (χ4n) is 4.65. The van der Waals surface area contributed by atoms with E-state index >= 15 is 0 Å². The summed E-state index contributed by atoms with van der Waals surface area (Å²) in [5.41, 5.74) is 3.28. The maximum atomic E-state index is 13.6. The second-order valence-electron chi connectivity index (χ2n) is 10.2. The summed E-state index contributed by atoms with van der Waals surface area (Å²) in [6, 6.07) is 10.7. The minimum Gasteiger partial charge on any atom is -0.496 e. The molecule has 1 heterocycles. The van der Waals surface area contributed by atoms with Crippen LogP contribution in [0.1, 0.15) is 53.6 Å². The molecule has 4 rings (SSSR count). The highest BCUT2D eigenvalue weighted by Gasteiger charge is 2.33. The van der Waals surface area contributed by atoms with Crippen LogP contribution in [-0.2, 0) is 12.8 Å². The Balaban J connectivity index is 1.76. The average molecular weight is 541 g/mol. The number of thiophene rings is 1. The van der Waals surface area contributed by atoms with Crippen molar-refractivity contribution >= 4 is 45.7 Å². The predicted molar refractivity (Wildman–Crippen MR) is 152 cm³/mol. The van der Waals surface area contributed by atoms with E-state index in [-0.39, 0.29) is 11.3 Å². The molecule has 6 nitrogen and oxygen atoms in total. The molecule has 8 heteroatoms. The molecule has 37 heavy (non-hydrogen) atoms. The summed E-state index contributed by atoms with van der Waals surface area (Å²) in [5, 5.41) is 4.32. The van der Waals surface area contributed by atoms with Crippen LogP contribution in [-0.4, -0.2) is 33.5 Å². The van der Waals surface area contributed by atoms with Gasteiger partial charge in [-0.15, -0.1) is 11.3 Å². The van der Waals surface area contributed by atoms with Gasteiger partial charge in [-0.05, 0) is 60.4 Å². The van der Waals surface area contributed by atoms with E-state index in [0.717, 1.165) is 24.8 Å². The van der Waals surface area contributed by atoms with Gasteiger partial charge in [-0.2, -0.15) is 0 Å². The molecule has 0 saturated carbocycles. The maximum absolute atomic E-state index is 13.6. The number of halogens is 1. The Morgan fingerprint density at radius 1 is 1.08 bits per heavy atom. The summed E-state index contributed by atoms with van der Waals surface area (Å²) in [7, 11) is 4.77. The van der Waals surface area contributed by atoms with E-state index in [4.69, 9.17) is 30.8 Å². The highest BCUT2D eigenvalue weighted by atomic mass is 35.5. The number of nitrogens with one attached hydrogen (secondary N) is 1. The zero-order chi connectivity index (χ0) is 26.7. The van der Waals surface area contributed by atoms with Crippen molar-refractivity contribution in [2.24, 2.45) is 16.3 Å². The van der Waals surface area contributed by atoms with Gasteiger partial charge in [-0.25, -0.2) is 4.99 Å². The molecule has 0 spiro atoms. The number of hydrogen-bond donors (Lipinski definition) is 1. The predicted octanol–water partition coefficient (Wildman–Crippen LogP) is 7.58. The molecule has 0 aliphatic heterocycles. The van der Waals surface area contributed by atoms with Crippen molar-refractivity contribution in [1.29, 1.82) is 0 Å². The first-order valence-corrected chi connectivity index (χ1v) is 13.4. The molecule has 196 valence electrons. The maximum Gasteiger partial charge on any atom is 0.259 e. The van der Waals surface area contributed by atoms with Crippen LogP contribution in [0, 0.1) is 11.3 Å². The standard InChI is InChI=1S/C29H33ClN2O4S/c1-29(2,3)17-7-12-21-25(13-17)37-28(26(21)27(33)32-19-10-8-18(30)9-11-19)31-16-22-23(35-5)14-20(34-4)15-24(22)36-6/h8-11,14-17H,7,12-13H2,1-6H3,(H,32,33)/t17-/m0/s1. The molecule has 0 fully saturated rings. The van der Waals surface area contributed by atoms with E-state index in [9.17, 15) is 4.79 Å². The van der Waals surface area contributed by atoms with Gasteiger partial charge < -0.3 is 19.5 Å². The normalized spacial score (nSPS) is 15.4. The number of anilines is 1. The Hall–Kier alpha value is -3.03. The molecule has 1 N–H and O–H groups in total. The van der Waals surface area contributed by atoms with Crippen molar-refractivity contribution in [3.8, 4) is 17.2 Å². The molecule has 2 aromatic carbocycles. The number of benzene rings is 2. The van der Waals surface area contributed by atoms with Crippen LogP contribution in [0.2, 0.25) is 5.02 Å². The molecular formula is C29H33ClN2O4S. The smallest absolute Gasteiger partial charge is 0.259 e. The molecule has 1 aliphatic carbocycles. The Labute approximate surface area is 227 Å². The van der Waals surface area contributed by atoms with Crippen molar-refractivity contribution in [3.63, 3.8) is 0 Å². The van der Waals surface area contributed by atoms with Gasteiger partial charge >= 0.3 is 0 Å². The van der Waals surface area contributed by atoms with Gasteiger partial charge in [-0.1, -0.05) is 32.4 Å². The molecule has 0 unspecified atom stereocenters. The van der Waals surface area contributed by atoms with E-state index in [2.05, 4.69) is 26.1 Å². The lowest BCUT2D eigenvalue weighted by Gasteiger charge is -2.33. The van der Waals surface area contributed by atoms with Gasteiger partial charge in [0.05, 0.1) is 32.5 Å². The third kappa shape index (κ3) is 5.94. The quantitative estimate of drug-likeness (QED) is 0.313. The fourth-order valence-corrected chi connectivity index (χ4v) is 6.04. The number of fused-ring (bicyclic) bond motifs is 1. The molecule has 1 atom stereocenters. The van der Waals surface area contributed by atoms with Crippen molar-refractivity contribution in [2.75, 3.05) is 26.6 Å². The number of hydrogen-bond acceptors (Lipinski definition) is 6. The lowest BCUT2D eigenvalue weighted by Crippen LogP contribution is -2.27. The fraction of sp³-hybridized carbons (Fsp3) is 0.379. The lowest BCUT2D eigenvalue weighted by molar-refractivity contribution is 0.102.